The Balaban J connectivity index is 0.00000225. The number of hydrogen-bond acceptors (Lipinski definition) is 5. The highest BCUT2D eigenvalue weighted by Gasteiger charge is 2.17. The topological polar surface area (TPSA) is 54.0 Å². The number of rotatable bonds is 5. The van der Waals surface area contributed by atoms with Gasteiger partial charge in [-0.25, -0.2) is 9.37 Å². The van der Waals surface area contributed by atoms with Crippen LogP contribution in [0.15, 0.2) is 24.4 Å². The number of carbonyl (C=O) groups is 1. The van der Waals surface area contributed by atoms with Crippen molar-refractivity contribution < 1.29 is 9.18 Å². The van der Waals surface area contributed by atoms with E-state index in [2.05, 4.69) is 15.6 Å². The summed E-state index contributed by atoms with van der Waals surface area (Å²) < 4.78 is 13.6. The van der Waals surface area contributed by atoms with Gasteiger partial charge in [-0.15, -0.1) is 23.7 Å². The van der Waals surface area contributed by atoms with E-state index in [1.54, 1.807) is 25.3 Å². The predicted octanol–water partition coefficient (Wildman–Crippen LogP) is 3.64. The molecule has 2 aromatic rings. The van der Waals surface area contributed by atoms with Crippen LogP contribution in [-0.2, 0) is 11.2 Å². The standard InChI is InChI=1S/C17H20FN3OS2.ClH/c1-11-2-3-12(7-15(11)18)6-14-9-20-17(24-14)21-16(22)8-13-10-23-5-4-19-13;/h2-3,7,9,13,19H,4-6,8,10H2,1H3,(H,20,21,22);1H. The summed E-state index contributed by atoms with van der Waals surface area (Å²) in [6, 6.07) is 5.49. The molecule has 1 unspecified atom stereocenters. The molecule has 25 heavy (non-hydrogen) atoms. The molecule has 4 nitrogen and oxygen atoms in total. The number of aromatic nitrogens is 1. The monoisotopic (exact) mass is 401 g/mol. The number of nitrogens with one attached hydrogen (secondary N) is 2. The van der Waals surface area contributed by atoms with E-state index >= 15 is 0 Å². The maximum absolute atomic E-state index is 13.6. The van der Waals surface area contributed by atoms with Gasteiger partial charge in [0.25, 0.3) is 0 Å². The van der Waals surface area contributed by atoms with Crippen LogP contribution in [0.2, 0.25) is 0 Å². The van der Waals surface area contributed by atoms with E-state index in [4.69, 9.17) is 0 Å². The van der Waals surface area contributed by atoms with Crippen LogP contribution in [0, 0.1) is 12.7 Å². The molecule has 1 aliphatic rings. The molecule has 2 heterocycles. The first-order valence-electron chi connectivity index (χ1n) is 7.91. The molecule has 1 amide bonds. The van der Waals surface area contributed by atoms with E-state index in [0.717, 1.165) is 28.5 Å². The number of nitrogens with zero attached hydrogens (tertiary/aromatic N) is 1. The van der Waals surface area contributed by atoms with Gasteiger partial charge in [-0.3, -0.25) is 4.79 Å². The number of thioether (sulfide) groups is 1. The minimum atomic E-state index is -0.191. The Morgan fingerprint density at radius 1 is 1.48 bits per heavy atom. The number of thiazole rings is 1. The van der Waals surface area contributed by atoms with E-state index < -0.39 is 0 Å². The lowest BCUT2D eigenvalue weighted by Crippen LogP contribution is -2.39. The van der Waals surface area contributed by atoms with E-state index in [1.807, 2.05) is 17.8 Å². The number of benzene rings is 1. The zero-order valence-electron chi connectivity index (χ0n) is 13.9. The Morgan fingerprint density at radius 2 is 2.32 bits per heavy atom. The summed E-state index contributed by atoms with van der Waals surface area (Å²) >= 11 is 3.31. The van der Waals surface area contributed by atoms with Crippen LogP contribution < -0.4 is 10.6 Å². The van der Waals surface area contributed by atoms with Crippen molar-refractivity contribution >= 4 is 46.5 Å². The van der Waals surface area contributed by atoms with Crippen LogP contribution in [-0.4, -0.2) is 35.0 Å². The molecular formula is C17H21ClFN3OS2. The first kappa shape index (κ1) is 20.2. The fourth-order valence-electron chi connectivity index (χ4n) is 2.54. The van der Waals surface area contributed by atoms with Crippen molar-refractivity contribution in [3.63, 3.8) is 0 Å². The van der Waals surface area contributed by atoms with Crippen molar-refractivity contribution in [2.24, 2.45) is 0 Å². The van der Waals surface area contributed by atoms with Gasteiger partial charge < -0.3 is 10.6 Å². The van der Waals surface area contributed by atoms with Gasteiger partial charge >= 0.3 is 0 Å². The van der Waals surface area contributed by atoms with Gasteiger partial charge in [0.1, 0.15) is 5.82 Å². The molecule has 0 radical (unpaired) electrons. The van der Waals surface area contributed by atoms with Gasteiger partial charge in [0, 0.05) is 48.0 Å². The molecule has 1 saturated heterocycles. The second kappa shape index (κ2) is 9.52. The number of aryl methyl sites for hydroxylation is 1. The summed E-state index contributed by atoms with van der Waals surface area (Å²) in [5.41, 5.74) is 1.55. The fraction of sp³-hybridized carbons (Fsp3) is 0.412. The largest absolute Gasteiger partial charge is 0.312 e. The summed E-state index contributed by atoms with van der Waals surface area (Å²) in [6.07, 6.45) is 2.82. The van der Waals surface area contributed by atoms with Gasteiger partial charge in [-0.1, -0.05) is 12.1 Å². The zero-order chi connectivity index (χ0) is 16.9. The Labute approximate surface area is 161 Å². The molecule has 0 spiro atoms. The number of amides is 1. The van der Waals surface area contributed by atoms with Crippen molar-refractivity contribution in [1.29, 1.82) is 0 Å². The van der Waals surface area contributed by atoms with Gasteiger partial charge in [0.15, 0.2) is 5.13 Å². The zero-order valence-corrected chi connectivity index (χ0v) is 16.3. The van der Waals surface area contributed by atoms with Crippen LogP contribution >= 0.6 is 35.5 Å². The molecule has 1 atom stereocenters. The first-order valence-corrected chi connectivity index (χ1v) is 9.88. The highest BCUT2D eigenvalue weighted by atomic mass is 35.5. The van der Waals surface area contributed by atoms with Gasteiger partial charge in [-0.2, -0.15) is 11.8 Å². The maximum Gasteiger partial charge on any atom is 0.227 e. The van der Waals surface area contributed by atoms with Crippen LogP contribution in [0.5, 0.6) is 0 Å². The van der Waals surface area contributed by atoms with Crippen molar-refractivity contribution in [1.82, 2.24) is 10.3 Å². The lowest BCUT2D eigenvalue weighted by molar-refractivity contribution is -0.116. The Bertz CT molecular complexity index is 720. The number of carbonyl (C=O) groups excluding carboxylic acids is 1. The molecular weight excluding hydrogens is 381 g/mol. The van der Waals surface area contributed by atoms with E-state index in [0.29, 0.717) is 23.5 Å². The van der Waals surface area contributed by atoms with Gasteiger partial charge in [-0.05, 0) is 24.1 Å². The molecule has 1 aliphatic heterocycles. The quantitative estimate of drug-likeness (QED) is 0.803. The van der Waals surface area contributed by atoms with Crippen LogP contribution in [0.1, 0.15) is 22.4 Å². The molecule has 1 fully saturated rings. The Hall–Kier alpha value is -1.15. The van der Waals surface area contributed by atoms with Crippen molar-refractivity contribution in [2.45, 2.75) is 25.8 Å². The van der Waals surface area contributed by atoms with Crippen LogP contribution in [0.25, 0.3) is 0 Å². The van der Waals surface area contributed by atoms with Crippen LogP contribution in [0.3, 0.4) is 0 Å². The minimum Gasteiger partial charge on any atom is -0.312 e. The fourth-order valence-corrected chi connectivity index (χ4v) is 4.35. The summed E-state index contributed by atoms with van der Waals surface area (Å²) in [6.45, 7) is 2.70. The normalized spacial score (nSPS) is 17.0. The Morgan fingerprint density at radius 3 is 3.04 bits per heavy atom. The summed E-state index contributed by atoms with van der Waals surface area (Å²) in [4.78, 5) is 17.3. The minimum absolute atomic E-state index is 0. The smallest absolute Gasteiger partial charge is 0.227 e. The van der Waals surface area contributed by atoms with Crippen LogP contribution in [0.4, 0.5) is 9.52 Å². The molecule has 136 valence electrons. The third kappa shape index (κ3) is 5.95. The number of hydrogen-bond donors (Lipinski definition) is 2. The average molecular weight is 402 g/mol. The lowest BCUT2D eigenvalue weighted by Gasteiger charge is -2.22. The summed E-state index contributed by atoms with van der Waals surface area (Å²) in [5.74, 6) is 1.86. The molecule has 3 rings (SSSR count). The number of halogens is 2. The number of anilines is 1. The molecule has 1 aromatic carbocycles. The van der Waals surface area contributed by atoms with Gasteiger partial charge in [0.2, 0.25) is 5.91 Å². The maximum atomic E-state index is 13.6. The highest BCUT2D eigenvalue weighted by molar-refractivity contribution is 7.99. The average Bonchev–Trinajstić information content (AvgIpc) is 2.98. The van der Waals surface area contributed by atoms with E-state index in [-0.39, 0.29) is 30.2 Å². The molecule has 8 heteroatoms. The van der Waals surface area contributed by atoms with Crippen molar-refractivity contribution in [3.05, 3.63) is 46.2 Å². The predicted molar refractivity (Wildman–Crippen MR) is 106 cm³/mol. The molecule has 0 bridgehead atoms. The van der Waals surface area contributed by atoms with Crippen molar-refractivity contribution in [3.8, 4) is 0 Å². The molecule has 1 aromatic heterocycles. The van der Waals surface area contributed by atoms with E-state index in [9.17, 15) is 9.18 Å². The SMILES string of the molecule is Cc1ccc(Cc2cnc(NC(=O)CC3CSCCN3)s2)cc1F.Cl. The molecule has 0 aliphatic carbocycles. The molecule has 0 saturated carbocycles. The van der Waals surface area contributed by atoms with Gasteiger partial charge in [0.05, 0.1) is 0 Å². The molecule has 2 N–H and O–H groups in total. The highest BCUT2D eigenvalue weighted by Crippen LogP contribution is 2.22. The van der Waals surface area contributed by atoms with E-state index in [1.165, 1.54) is 11.3 Å². The van der Waals surface area contributed by atoms with Crippen molar-refractivity contribution in [2.75, 3.05) is 23.4 Å². The first-order chi connectivity index (χ1) is 11.6. The third-order valence-corrected chi connectivity index (χ3v) is 5.89. The summed E-state index contributed by atoms with van der Waals surface area (Å²) in [5, 5.41) is 6.81. The summed E-state index contributed by atoms with van der Waals surface area (Å²) in [7, 11) is 0. The third-order valence-electron chi connectivity index (χ3n) is 3.84. The Kier molecular flexibility index (Phi) is 7.68. The lowest BCUT2D eigenvalue weighted by atomic mass is 10.1. The second-order valence-electron chi connectivity index (χ2n) is 5.87. The second-order valence-corrected chi connectivity index (χ2v) is 8.14.